The van der Waals surface area contributed by atoms with Gasteiger partial charge in [0.05, 0.1) is 12.7 Å². The monoisotopic (exact) mass is 393 g/mol. The second kappa shape index (κ2) is 8.60. The lowest BCUT2D eigenvalue weighted by molar-refractivity contribution is -0.122. The Balaban J connectivity index is 1.63. The van der Waals surface area contributed by atoms with Crippen molar-refractivity contribution in [1.29, 1.82) is 0 Å². The van der Waals surface area contributed by atoms with Gasteiger partial charge in [-0.2, -0.15) is 0 Å². The van der Waals surface area contributed by atoms with Crippen LogP contribution in [0.1, 0.15) is 49.3 Å². The molecule has 2 N–H and O–H groups in total. The zero-order valence-corrected chi connectivity index (χ0v) is 17.1. The molecule has 1 saturated carbocycles. The molecule has 3 atom stereocenters. The predicted octanol–water partition coefficient (Wildman–Crippen LogP) is 4.78. The van der Waals surface area contributed by atoms with E-state index in [0.29, 0.717) is 5.75 Å². The largest absolute Gasteiger partial charge is 0.504 e. The van der Waals surface area contributed by atoms with Crippen molar-refractivity contribution in [3.05, 3.63) is 65.7 Å². The molecule has 1 saturated heterocycles. The average molecular weight is 394 g/mol. The summed E-state index contributed by atoms with van der Waals surface area (Å²) in [4.78, 5) is 2.47. The highest BCUT2D eigenvalue weighted by molar-refractivity contribution is 5.49. The van der Waals surface area contributed by atoms with Gasteiger partial charge in [0.15, 0.2) is 11.5 Å². The van der Waals surface area contributed by atoms with E-state index in [1.165, 1.54) is 5.56 Å². The van der Waals surface area contributed by atoms with Gasteiger partial charge in [-0.05, 0) is 42.5 Å². The van der Waals surface area contributed by atoms with Crippen molar-refractivity contribution in [3.8, 4) is 11.5 Å². The summed E-state index contributed by atoms with van der Waals surface area (Å²) in [5.41, 5.74) is 1.72. The first kappa shape index (κ1) is 20.0. The minimum absolute atomic E-state index is 0.115. The number of hydrogen-bond acceptors (Lipinski definition) is 4. The first-order chi connectivity index (χ1) is 14.1. The highest BCUT2D eigenvalue weighted by atomic mass is 16.5. The molecular formula is C25H31NO3. The Bertz CT molecular complexity index is 850. The Hall–Kier alpha value is -2.30. The number of likely N-dealkylation sites (tertiary alicyclic amines) is 1. The number of benzene rings is 2. The van der Waals surface area contributed by atoms with Crippen LogP contribution in [-0.4, -0.2) is 40.9 Å². The van der Waals surface area contributed by atoms with Gasteiger partial charge in [-0.15, -0.1) is 0 Å². The van der Waals surface area contributed by atoms with E-state index in [2.05, 4.69) is 29.2 Å². The summed E-state index contributed by atoms with van der Waals surface area (Å²) in [5.74, 6) is 0.845. The zero-order chi connectivity index (χ0) is 20.3. The molecule has 0 amide bonds. The number of ether oxygens (including phenoxy) is 1. The molecule has 0 unspecified atom stereocenters. The van der Waals surface area contributed by atoms with Crippen LogP contribution in [0, 0.1) is 5.92 Å². The summed E-state index contributed by atoms with van der Waals surface area (Å²) in [6.45, 7) is 1.69. The van der Waals surface area contributed by atoms with E-state index < -0.39 is 5.60 Å². The number of piperidine rings is 1. The highest BCUT2D eigenvalue weighted by Crippen LogP contribution is 2.50. The Labute approximate surface area is 173 Å². The number of phenolic OH excluding ortho intramolecular Hbond substituents is 1. The summed E-state index contributed by atoms with van der Waals surface area (Å²) in [5, 5.41) is 21.5. The first-order valence-corrected chi connectivity index (χ1v) is 10.7. The lowest BCUT2D eigenvalue weighted by atomic mass is 9.66. The number of aromatic hydroxyl groups is 1. The molecule has 1 heterocycles. The van der Waals surface area contributed by atoms with Crippen LogP contribution >= 0.6 is 0 Å². The van der Waals surface area contributed by atoms with Crippen molar-refractivity contribution >= 4 is 6.08 Å². The fourth-order valence-electron chi connectivity index (χ4n) is 5.16. The van der Waals surface area contributed by atoms with Crippen LogP contribution in [0.15, 0.2) is 54.6 Å². The van der Waals surface area contributed by atoms with Crippen LogP contribution in [0.2, 0.25) is 0 Å². The maximum atomic E-state index is 11.4. The van der Waals surface area contributed by atoms with Gasteiger partial charge in [-0.3, -0.25) is 4.90 Å². The molecule has 0 radical (unpaired) electrons. The van der Waals surface area contributed by atoms with Gasteiger partial charge in [-0.25, -0.2) is 0 Å². The molecule has 0 bridgehead atoms. The molecule has 2 aromatic rings. The molecule has 154 valence electrons. The number of hydrogen-bond donors (Lipinski definition) is 2. The second-order valence-electron chi connectivity index (χ2n) is 8.39. The number of methoxy groups -OCH3 is 1. The summed E-state index contributed by atoms with van der Waals surface area (Å²) in [6.07, 6.45) is 9.38. The molecule has 2 fully saturated rings. The fraction of sp³-hybridized carbons (Fsp3) is 0.440. The summed E-state index contributed by atoms with van der Waals surface area (Å²) in [6, 6.07) is 16.1. The van der Waals surface area contributed by atoms with E-state index in [4.69, 9.17) is 4.74 Å². The van der Waals surface area contributed by atoms with Crippen LogP contribution in [0.25, 0.3) is 6.08 Å². The van der Waals surface area contributed by atoms with Gasteiger partial charge >= 0.3 is 0 Å². The zero-order valence-electron chi connectivity index (χ0n) is 17.1. The van der Waals surface area contributed by atoms with E-state index in [1.54, 1.807) is 13.2 Å². The van der Waals surface area contributed by atoms with Crippen molar-refractivity contribution in [2.45, 2.75) is 43.7 Å². The average Bonchev–Trinajstić information content (AvgIpc) is 2.75. The molecule has 0 aromatic heterocycles. The molecule has 4 rings (SSSR count). The van der Waals surface area contributed by atoms with Crippen LogP contribution in [0.3, 0.4) is 0 Å². The quantitative estimate of drug-likeness (QED) is 0.767. The standard InChI is InChI=1S/C25H31NO3/c1-29-23-18-20(12-13-22(23)27)24-21-11-5-6-14-25(21,28)15-17-26(24)16-7-10-19-8-3-2-4-9-19/h2-4,7-10,12-13,18,21,24,27-28H,5-6,11,14-17H2,1H3/b10-7+/t21-,24+,25-/m0/s1. The normalized spacial score (nSPS) is 27.7. The predicted molar refractivity (Wildman–Crippen MR) is 116 cm³/mol. The molecule has 4 nitrogen and oxygen atoms in total. The van der Waals surface area contributed by atoms with Gasteiger partial charge in [0.2, 0.25) is 0 Å². The summed E-state index contributed by atoms with van der Waals surface area (Å²) >= 11 is 0. The number of rotatable bonds is 5. The van der Waals surface area contributed by atoms with Crippen LogP contribution < -0.4 is 4.74 Å². The van der Waals surface area contributed by atoms with Gasteiger partial charge in [0, 0.05) is 25.0 Å². The van der Waals surface area contributed by atoms with Crippen molar-refractivity contribution in [2.24, 2.45) is 5.92 Å². The van der Waals surface area contributed by atoms with Gasteiger partial charge < -0.3 is 14.9 Å². The van der Waals surface area contributed by atoms with Crippen molar-refractivity contribution in [1.82, 2.24) is 4.90 Å². The topological polar surface area (TPSA) is 52.9 Å². The Morgan fingerprint density at radius 2 is 1.97 bits per heavy atom. The molecule has 29 heavy (non-hydrogen) atoms. The lowest BCUT2D eigenvalue weighted by Gasteiger charge is -2.52. The minimum Gasteiger partial charge on any atom is -0.504 e. The van der Waals surface area contributed by atoms with E-state index in [9.17, 15) is 10.2 Å². The molecular weight excluding hydrogens is 362 g/mol. The maximum absolute atomic E-state index is 11.4. The van der Waals surface area contributed by atoms with Crippen molar-refractivity contribution in [2.75, 3.05) is 20.2 Å². The molecule has 4 heteroatoms. The van der Waals surface area contributed by atoms with Crippen molar-refractivity contribution in [3.63, 3.8) is 0 Å². The number of nitrogens with zero attached hydrogens (tertiary/aromatic N) is 1. The fourth-order valence-corrected chi connectivity index (χ4v) is 5.16. The van der Waals surface area contributed by atoms with E-state index in [0.717, 1.165) is 50.8 Å². The van der Waals surface area contributed by atoms with Crippen molar-refractivity contribution < 1.29 is 14.9 Å². The molecule has 1 aliphatic heterocycles. The Kier molecular flexibility index (Phi) is 5.93. The molecule has 2 aliphatic rings. The minimum atomic E-state index is -0.590. The first-order valence-electron chi connectivity index (χ1n) is 10.7. The third kappa shape index (κ3) is 4.19. The SMILES string of the molecule is COc1cc([C@@H]2[C@@H]3CCCC[C@]3(O)CCN2C/C=C/c2ccccc2)ccc1O. The number of phenols is 1. The maximum Gasteiger partial charge on any atom is 0.160 e. The number of aliphatic hydroxyl groups is 1. The number of fused-ring (bicyclic) bond motifs is 1. The third-order valence-electron chi connectivity index (χ3n) is 6.67. The van der Waals surface area contributed by atoms with Gasteiger partial charge in [-0.1, -0.05) is 61.4 Å². The van der Waals surface area contributed by atoms with Crippen LogP contribution in [-0.2, 0) is 0 Å². The van der Waals surface area contributed by atoms with Crippen LogP contribution in [0.5, 0.6) is 11.5 Å². The molecule has 1 aliphatic carbocycles. The molecule has 2 aromatic carbocycles. The van der Waals surface area contributed by atoms with E-state index in [1.807, 2.05) is 30.3 Å². The lowest BCUT2D eigenvalue weighted by Crippen LogP contribution is -2.54. The van der Waals surface area contributed by atoms with E-state index in [-0.39, 0.29) is 17.7 Å². The second-order valence-corrected chi connectivity index (χ2v) is 8.39. The summed E-state index contributed by atoms with van der Waals surface area (Å²) in [7, 11) is 1.58. The Morgan fingerprint density at radius 3 is 2.76 bits per heavy atom. The van der Waals surface area contributed by atoms with E-state index >= 15 is 0 Å². The Morgan fingerprint density at radius 1 is 1.14 bits per heavy atom. The third-order valence-corrected chi connectivity index (χ3v) is 6.67. The highest BCUT2D eigenvalue weighted by Gasteiger charge is 2.48. The van der Waals surface area contributed by atoms with Gasteiger partial charge in [0.25, 0.3) is 0 Å². The summed E-state index contributed by atoms with van der Waals surface area (Å²) < 4.78 is 5.37. The van der Waals surface area contributed by atoms with Crippen LogP contribution in [0.4, 0.5) is 0 Å². The van der Waals surface area contributed by atoms with Gasteiger partial charge in [0.1, 0.15) is 0 Å². The molecule has 0 spiro atoms. The smallest absolute Gasteiger partial charge is 0.160 e.